The maximum atomic E-state index is 11.4. The molecule has 3 N–H and O–H groups in total. The van der Waals surface area contributed by atoms with Crippen molar-refractivity contribution in [1.82, 2.24) is 10.6 Å². The minimum Gasteiger partial charge on any atom is -0.481 e. The zero-order chi connectivity index (χ0) is 14.3. The van der Waals surface area contributed by atoms with Gasteiger partial charge in [-0.05, 0) is 18.6 Å². The van der Waals surface area contributed by atoms with Crippen molar-refractivity contribution in [1.29, 1.82) is 0 Å². The molecule has 0 aliphatic heterocycles. The summed E-state index contributed by atoms with van der Waals surface area (Å²) in [5.74, 6) is -2.40. The first kappa shape index (κ1) is 14.7. The van der Waals surface area contributed by atoms with Gasteiger partial charge in [0.05, 0.1) is 18.7 Å². The molecular weight excluding hydrogens is 252 g/mol. The molecule has 1 aromatic rings. The number of carboxylic acid groups (broad SMARTS) is 1. The van der Waals surface area contributed by atoms with Crippen LogP contribution in [-0.2, 0) is 9.59 Å². The molecule has 1 heterocycles. The second-order valence-corrected chi connectivity index (χ2v) is 3.91. The average molecular weight is 268 g/mol. The highest BCUT2D eigenvalue weighted by atomic mass is 16.4. The van der Waals surface area contributed by atoms with Crippen molar-refractivity contribution in [3.63, 3.8) is 0 Å². The predicted octanol–water partition coefficient (Wildman–Crippen LogP) is 0.236. The van der Waals surface area contributed by atoms with Crippen molar-refractivity contribution in [3.8, 4) is 0 Å². The Hall–Kier alpha value is -2.31. The van der Waals surface area contributed by atoms with Crippen LogP contribution in [0, 0.1) is 5.92 Å². The van der Waals surface area contributed by atoms with Crippen LogP contribution in [-0.4, -0.2) is 36.0 Å². The summed E-state index contributed by atoms with van der Waals surface area (Å²) in [6.07, 6.45) is 1.78. The summed E-state index contributed by atoms with van der Waals surface area (Å²) in [7, 11) is 0. The number of furan rings is 1. The van der Waals surface area contributed by atoms with Crippen molar-refractivity contribution in [2.45, 2.75) is 13.3 Å². The molecule has 0 aliphatic carbocycles. The Balaban J connectivity index is 2.28. The molecule has 0 saturated carbocycles. The summed E-state index contributed by atoms with van der Waals surface area (Å²) in [6, 6.07) is 3.04. The Bertz CT molecular complexity index is 441. The molecular formula is C12H16N2O5. The minimum atomic E-state index is -0.956. The van der Waals surface area contributed by atoms with Crippen LogP contribution in [0.15, 0.2) is 22.8 Å². The van der Waals surface area contributed by atoms with Crippen LogP contribution in [0.25, 0.3) is 0 Å². The third-order valence-corrected chi connectivity index (χ3v) is 2.54. The first-order valence-corrected chi connectivity index (χ1v) is 5.85. The Kier molecular flexibility index (Phi) is 5.59. The average Bonchev–Trinajstić information content (AvgIpc) is 2.90. The van der Waals surface area contributed by atoms with Crippen molar-refractivity contribution < 1.29 is 23.9 Å². The van der Waals surface area contributed by atoms with Gasteiger partial charge in [0, 0.05) is 6.54 Å². The van der Waals surface area contributed by atoms with E-state index < -0.39 is 23.7 Å². The highest BCUT2D eigenvalue weighted by molar-refractivity contribution is 5.94. The van der Waals surface area contributed by atoms with Crippen LogP contribution in [0.5, 0.6) is 0 Å². The van der Waals surface area contributed by atoms with Gasteiger partial charge >= 0.3 is 5.97 Å². The molecule has 0 radical (unpaired) electrons. The molecule has 0 aliphatic rings. The quantitative estimate of drug-likeness (QED) is 0.656. The largest absolute Gasteiger partial charge is 0.481 e. The van der Waals surface area contributed by atoms with Crippen molar-refractivity contribution in [2.75, 3.05) is 13.1 Å². The zero-order valence-corrected chi connectivity index (χ0v) is 10.5. The highest BCUT2D eigenvalue weighted by Gasteiger charge is 2.16. The highest BCUT2D eigenvalue weighted by Crippen LogP contribution is 2.00. The molecule has 19 heavy (non-hydrogen) atoms. The lowest BCUT2D eigenvalue weighted by Crippen LogP contribution is -2.40. The van der Waals surface area contributed by atoms with E-state index in [9.17, 15) is 14.4 Å². The normalized spacial score (nSPS) is 11.6. The third kappa shape index (κ3) is 4.82. The number of aliphatic carboxylic acids is 1. The number of hydrogen-bond donors (Lipinski definition) is 3. The third-order valence-electron chi connectivity index (χ3n) is 2.54. The van der Waals surface area contributed by atoms with E-state index in [1.54, 1.807) is 13.0 Å². The van der Waals surface area contributed by atoms with E-state index in [0.29, 0.717) is 6.42 Å². The number of hydrogen-bond acceptors (Lipinski definition) is 4. The summed E-state index contributed by atoms with van der Waals surface area (Å²) in [4.78, 5) is 33.6. The summed E-state index contributed by atoms with van der Waals surface area (Å²) < 4.78 is 4.85. The predicted molar refractivity (Wildman–Crippen MR) is 65.5 cm³/mol. The molecule has 7 heteroatoms. The van der Waals surface area contributed by atoms with Crippen LogP contribution in [0.3, 0.4) is 0 Å². The maximum absolute atomic E-state index is 11.4. The standard InChI is InChI=1S/C12H16N2O5/c1-2-8(12(17)18)6-13-10(15)7-14-11(16)9-4-3-5-19-9/h3-5,8H,2,6-7H2,1H3,(H,13,15)(H,14,16)(H,17,18). The Morgan fingerprint density at radius 2 is 2.11 bits per heavy atom. The van der Waals surface area contributed by atoms with E-state index in [4.69, 9.17) is 9.52 Å². The van der Waals surface area contributed by atoms with Crippen LogP contribution in [0.2, 0.25) is 0 Å². The van der Waals surface area contributed by atoms with Gasteiger partial charge < -0.3 is 20.2 Å². The molecule has 0 aromatic carbocycles. The van der Waals surface area contributed by atoms with E-state index in [1.807, 2.05) is 0 Å². The van der Waals surface area contributed by atoms with Gasteiger partial charge in [-0.3, -0.25) is 14.4 Å². The van der Waals surface area contributed by atoms with E-state index in [2.05, 4.69) is 10.6 Å². The molecule has 7 nitrogen and oxygen atoms in total. The van der Waals surface area contributed by atoms with E-state index in [1.165, 1.54) is 12.3 Å². The number of nitrogens with one attached hydrogen (secondary N) is 2. The van der Waals surface area contributed by atoms with Crippen molar-refractivity contribution >= 4 is 17.8 Å². The summed E-state index contributed by atoms with van der Waals surface area (Å²) in [6.45, 7) is 1.54. The van der Waals surface area contributed by atoms with E-state index >= 15 is 0 Å². The molecule has 0 spiro atoms. The van der Waals surface area contributed by atoms with Gasteiger partial charge in [0.15, 0.2) is 5.76 Å². The number of amides is 2. The minimum absolute atomic E-state index is 0.0429. The molecule has 1 rings (SSSR count). The first-order chi connectivity index (χ1) is 9.04. The smallest absolute Gasteiger partial charge is 0.308 e. The van der Waals surface area contributed by atoms with Crippen molar-refractivity contribution in [2.24, 2.45) is 5.92 Å². The SMILES string of the molecule is CCC(CNC(=O)CNC(=O)c1ccco1)C(=O)O. The number of carbonyl (C=O) groups excluding carboxylic acids is 2. The fourth-order valence-electron chi connectivity index (χ4n) is 1.36. The summed E-state index contributed by atoms with van der Waals surface area (Å²) >= 11 is 0. The molecule has 0 fully saturated rings. The van der Waals surface area contributed by atoms with Crippen LogP contribution in [0.1, 0.15) is 23.9 Å². The lowest BCUT2D eigenvalue weighted by molar-refractivity contribution is -0.141. The summed E-state index contributed by atoms with van der Waals surface area (Å²) in [5.41, 5.74) is 0. The molecule has 1 unspecified atom stereocenters. The van der Waals surface area contributed by atoms with Crippen LogP contribution in [0.4, 0.5) is 0 Å². The Morgan fingerprint density at radius 1 is 1.37 bits per heavy atom. The lowest BCUT2D eigenvalue weighted by Gasteiger charge is -2.11. The summed E-state index contributed by atoms with van der Waals surface area (Å²) in [5, 5.41) is 13.6. The Morgan fingerprint density at radius 3 is 2.63 bits per heavy atom. The number of rotatable bonds is 7. The zero-order valence-electron chi connectivity index (χ0n) is 10.5. The molecule has 1 aromatic heterocycles. The topological polar surface area (TPSA) is 109 Å². The second-order valence-electron chi connectivity index (χ2n) is 3.91. The van der Waals surface area contributed by atoms with Crippen LogP contribution >= 0.6 is 0 Å². The van der Waals surface area contributed by atoms with Gasteiger partial charge in [-0.25, -0.2) is 0 Å². The van der Waals surface area contributed by atoms with Gasteiger partial charge in [-0.1, -0.05) is 6.92 Å². The van der Waals surface area contributed by atoms with Crippen molar-refractivity contribution in [3.05, 3.63) is 24.2 Å². The second kappa shape index (κ2) is 7.20. The van der Waals surface area contributed by atoms with E-state index in [0.717, 1.165) is 0 Å². The van der Waals surface area contributed by atoms with Crippen LogP contribution < -0.4 is 10.6 Å². The number of carboxylic acids is 1. The number of carbonyl (C=O) groups is 3. The van der Waals surface area contributed by atoms with Gasteiger partial charge in [0.25, 0.3) is 5.91 Å². The first-order valence-electron chi connectivity index (χ1n) is 5.85. The maximum Gasteiger partial charge on any atom is 0.308 e. The Labute approximate surface area is 110 Å². The van der Waals surface area contributed by atoms with Gasteiger partial charge in [0.1, 0.15) is 0 Å². The lowest BCUT2D eigenvalue weighted by atomic mass is 10.1. The molecule has 0 bridgehead atoms. The molecule has 104 valence electrons. The van der Waals surface area contributed by atoms with Gasteiger partial charge in [-0.2, -0.15) is 0 Å². The molecule has 2 amide bonds. The van der Waals surface area contributed by atoms with E-state index in [-0.39, 0.29) is 18.8 Å². The fraction of sp³-hybridized carbons (Fsp3) is 0.417. The molecule has 1 atom stereocenters. The molecule has 0 saturated heterocycles. The monoisotopic (exact) mass is 268 g/mol. The van der Waals surface area contributed by atoms with Gasteiger partial charge in [-0.15, -0.1) is 0 Å². The fourth-order valence-corrected chi connectivity index (χ4v) is 1.36. The van der Waals surface area contributed by atoms with Gasteiger partial charge in [0.2, 0.25) is 5.91 Å².